The molecule has 1 aliphatic heterocycles. The molecule has 2 heterocycles. The topological polar surface area (TPSA) is 119 Å². The molecule has 1 atom stereocenters. The summed E-state index contributed by atoms with van der Waals surface area (Å²) in [5, 5.41) is 9.07. The quantitative estimate of drug-likeness (QED) is 0.622. The van der Waals surface area contributed by atoms with Crippen LogP contribution >= 0.6 is 0 Å². The van der Waals surface area contributed by atoms with Gasteiger partial charge in [0.2, 0.25) is 12.1 Å². The van der Waals surface area contributed by atoms with Crippen molar-refractivity contribution in [2.75, 3.05) is 26.2 Å². The van der Waals surface area contributed by atoms with E-state index in [0.717, 1.165) is 0 Å². The molecule has 27 heavy (non-hydrogen) atoms. The number of furan rings is 1. The fourth-order valence-electron chi connectivity index (χ4n) is 2.28. The average Bonchev–Trinajstić information content (AvgIpc) is 3.00. The summed E-state index contributed by atoms with van der Waals surface area (Å²) in [7, 11) is 0. The lowest BCUT2D eigenvalue weighted by atomic mass is 10.2. The van der Waals surface area contributed by atoms with Crippen LogP contribution in [0.1, 0.15) is 38.2 Å². The van der Waals surface area contributed by atoms with E-state index in [1.54, 1.807) is 20.8 Å². The zero-order valence-corrected chi connectivity index (χ0v) is 15.8. The predicted octanol–water partition coefficient (Wildman–Crippen LogP) is 2.18. The van der Waals surface area contributed by atoms with E-state index in [2.05, 4.69) is 0 Å². The minimum absolute atomic E-state index is 0.207. The Morgan fingerprint density at radius 2 is 1.59 bits per heavy atom. The van der Waals surface area contributed by atoms with Gasteiger partial charge in [0.25, 0.3) is 5.95 Å². The van der Waals surface area contributed by atoms with Gasteiger partial charge in [-0.15, -0.1) is 0 Å². The molecule has 0 bridgehead atoms. The summed E-state index contributed by atoms with van der Waals surface area (Å²) in [6.07, 6.45) is -2.25. The molecular weight excluding hydrogens is 360 g/mol. The predicted molar refractivity (Wildman–Crippen MR) is 91.1 cm³/mol. The zero-order valence-electron chi connectivity index (χ0n) is 15.8. The summed E-state index contributed by atoms with van der Waals surface area (Å²) < 4.78 is 20.0. The highest BCUT2D eigenvalue weighted by molar-refractivity contribution is 5.86. The minimum Gasteiger partial charge on any atom is -0.481 e. The van der Waals surface area contributed by atoms with Gasteiger partial charge in [-0.25, -0.2) is 14.4 Å². The molecule has 150 valence electrons. The Morgan fingerprint density at radius 1 is 1.04 bits per heavy atom. The van der Waals surface area contributed by atoms with Crippen molar-refractivity contribution in [2.45, 2.75) is 39.6 Å². The Labute approximate surface area is 156 Å². The van der Waals surface area contributed by atoms with Crippen LogP contribution in [0.2, 0.25) is 0 Å². The van der Waals surface area contributed by atoms with Crippen LogP contribution in [-0.4, -0.2) is 71.1 Å². The second-order valence-electron chi connectivity index (χ2n) is 6.95. The van der Waals surface area contributed by atoms with Gasteiger partial charge in [0.05, 0.1) is 0 Å². The third-order valence-electron chi connectivity index (χ3n) is 3.52. The molecule has 10 nitrogen and oxygen atoms in total. The van der Waals surface area contributed by atoms with Gasteiger partial charge < -0.3 is 33.5 Å². The van der Waals surface area contributed by atoms with Crippen molar-refractivity contribution in [2.24, 2.45) is 0 Å². The molecule has 0 aromatic carbocycles. The number of hydrogen-bond acceptors (Lipinski definition) is 8. The number of nitrogens with zero attached hydrogens (tertiary/aromatic N) is 2. The standard InChI is InChI=1S/C17H24N2O8/c1-11(24-14(21)12-5-6-13(20)26-12)25-15(22)18-7-9-19(10-8-18)16(23)27-17(2,3)4/h5-6,11,20H,7-10H2,1-4H3. The van der Waals surface area contributed by atoms with Crippen molar-refractivity contribution >= 4 is 18.2 Å². The second-order valence-corrected chi connectivity index (χ2v) is 6.95. The second kappa shape index (κ2) is 8.19. The van der Waals surface area contributed by atoms with E-state index < -0.39 is 36.0 Å². The first-order valence-electron chi connectivity index (χ1n) is 8.48. The molecule has 1 N–H and O–H groups in total. The van der Waals surface area contributed by atoms with Crippen LogP contribution in [0.4, 0.5) is 9.59 Å². The fraction of sp³-hybridized carbons (Fsp3) is 0.588. The highest BCUT2D eigenvalue weighted by Crippen LogP contribution is 2.16. The van der Waals surface area contributed by atoms with Crippen molar-refractivity contribution in [3.63, 3.8) is 0 Å². The molecular formula is C17H24N2O8. The van der Waals surface area contributed by atoms with Crippen molar-refractivity contribution < 1.29 is 38.1 Å². The van der Waals surface area contributed by atoms with Crippen molar-refractivity contribution in [1.29, 1.82) is 0 Å². The lowest BCUT2D eigenvalue weighted by molar-refractivity contribution is -0.0735. The lowest BCUT2D eigenvalue weighted by Gasteiger charge is -2.35. The largest absolute Gasteiger partial charge is 0.481 e. The fourth-order valence-corrected chi connectivity index (χ4v) is 2.28. The molecule has 1 unspecified atom stereocenters. The Bertz CT molecular complexity index is 685. The molecule has 0 spiro atoms. The van der Waals surface area contributed by atoms with Crippen LogP contribution in [0.3, 0.4) is 0 Å². The first kappa shape index (κ1) is 20.4. The first-order valence-corrected chi connectivity index (χ1v) is 8.48. The van der Waals surface area contributed by atoms with Crippen LogP contribution in [0.15, 0.2) is 16.5 Å². The van der Waals surface area contributed by atoms with E-state index in [0.29, 0.717) is 13.1 Å². The molecule has 10 heteroatoms. The maximum Gasteiger partial charge on any atom is 0.412 e. The summed E-state index contributed by atoms with van der Waals surface area (Å²) >= 11 is 0. The van der Waals surface area contributed by atoms with Gasteiger partial charge >= 0.3 is 18.2 Å². The van der Waals surface area contributed by atoms with E-state index in [-0.39, 0.29) is 18.8 Å². The number of ether oxygens (including phenoxy) is 3. The summed E-state index contributed by atoms with van der Waals surface area (Å²) in [5.41, 5.74) is -0.586. The van der Waals surface area contributed by atoms with E-state index in [1.807, 2.05) is 0 Å². The lowest BCUT2D eigenvalue weighted by Crippen LogP contribution is -2.52. The summed E-state index contributed by atoms with van der Waals surface area (Å²) in [6, 6.07) is 2.43. The minimum atomic E-state index is -1.15. The summed E-state index contributed by atoms with van der Waals surface area (Å²) in [4.78, 5) is 38.9. The molecule has 1 aliphatic rings. The summed E-state index contributed by atoms with van der Waals surface area (Å²) in [5.74, 6) is -1.50. The molecule has 1 aromatic rings. The third-order valence-corrected chi connectivity index (χ3v) is 3.52. The number of amides is 2. The van der Waals surface area contributed by atoms with Crippen LogP contribution in [0.5, 0.6) is 5.95 Å². The number of esters is 1. The normalized spacial score (nSPS) is 15.9. The Hall–Kier alpha value is -2.91. The number of carbonyl (C=O) groups is 3. The van der Waals surface area contributed by atoms with E-state index in [1.165, 1.54) is 28.9 Å². The number of hydrogen-bond donors (Lipinski definition) is 1. The van der Waals surface area contributed by atoms with Gasteiger partial charge in [0, 0.05) is 39.2 Å². The van der Waals surface area contributed by atoms with Crippen molar-refractivity contribution in [1.82, 2.24) is 9.80 Å². The van der Waals surface area contributed by atoms with Crippen molar-refractivity contribution in [3.05, 3.63) is 17.9 Å². The van der Waals surface area contributed by atoms with Gasteiger partial charge in [-0.05, 0) is 26.8 Å². The van der Waals surface area contributed by atoms with Crippen LogP contribution in [0.25, 0.3) is 0 Å². The Morgan fingerprint density at radius 3 is 2.07 bits per heavy atom. The zero-order chi connectivity index (χ0) is 20.2. The smallest absolute Gasteiger partial charge is 0.412 e. The van der Waals surface area contributed by atoms with Gasteiger partial charge in [-0.1, -0.05) is 0 Å². The molecule has 1 fully saturated rings. The molecule has 2 rings (SSSR count). The van der Waals surface area contributed by atoms with E-state index in [4.69, 9.17) is 23.7 Å². The average molecular weight is 384 g/mol. The molecule has 0 aliphatic carbocycles. The number of aromatic hydroxyl groups is 1. The molecule has 0 saturated carbocycles. The highest BCUT2D eigenvalue weighted by atomic mass is 16.7. The molecule has 1 aromatic heterocycles. The monoisotopic (exact) mass is 384 g/mol. The van der Waals surface area contributed by atoms with Crippen LogP contribution in [0, 0.1) is 0 Å². The van der Waals surface area contributed by atoms with Gasteiger partial charge in [-0.2, -0.15) is 0 Å². The van der Waals surface area contributed by atoms with Crippen LogP contribution in [-0.2, 0) is 14.2 Å². The van der Waals surface area contributed by atoms with Crippen molar-refractivity contribution in [3.8, 4) is 5.95 Å². The van der Waals surface area contributed by atoms with Gasteiger partial charge in [0.1, 0.15) is 5.60 Å². The number of rotatable bonds is 3. The van der Waals surface area contributed by atoms with Crippen LogP contribution < -0.4 is 0 Å². The Balaban J connectivity index is 1.77. The Kier molecular flexibility index (Phi) is 6.19. The highest BCUT2D eigenvalue weighted by Gasteiger charge is 2.29. The van der Waals surface area contributed by atoms with E-state index >= 15 is 0 Å². The maximum atomic E-state index is 12.2. The van der Waals surface area contributed by atoms with Gasteiger partial charge in [0.15, 0.2) is 0 Å². The maximum absolute atomic E-state index is 12.2. The third kappa shape index (κ3) is 6.08. The molecule has 0 radical (unpaired) electrons. The molecule has 2 amide bonds. The first-order chi connectivity index (χ1) is 12.5. The van der Waals surface area contributed by atoms with E-state index in [9.17, 15) is 14.4 Å². The van der Waals surface area contributed by atoms with Gasteiger partial charge in [-0.3, -0.25) is 0 Å². The summed E-state index contributed by atoms with van der Waals surface area (Å²) in [6.45, 7) is 7.89. The molecule has 1 saturated heterocycles. The number of piperazine rings is 1. The number of carbonyl (C=O) groups excluding carboxylic acids is 3. The SMILES string of the molecule is CC(OC(=O)c1ccc(O)o1)OC(=O)N1CCN(C(=O)OC(C)(C)C)CC1.